The first-order chi connectivity index (χ1) is 3.31. The molecule has 0 amide bonds. The van der Waals surface area contributed by atoms with Crippen LogP contribution in [0.2, 0.25) is 0 Å². The quantitative estimate of drug-likeness (QED) is 0.517. The van der Waals surface area contributed by atoms with E-state index >= 15 is 0 Å². The second-order valence-electron chi connectivity index (χ2n) is 1.42. The van der Waals surface area contributed by atoms with Gasteiger partial charge in [-0.1, -0.05) is 6.92 Å². The summed E-state index contributed by atoms with van der Waals surface area (Å²) in [6.45, 7) is 1.96. The molecule has 0 aliphatic heterocycles. The number of hydrogen-bond acceptors (Lipinski definition) is 1. The number of hydrogen-bond donors (Lipinski definition) is 0. The Balaban J connectivity index is 3.00. The van der Waals surface area contributed by atoms with Crippen molar-refractivity contribution >= 4 is 17.4 Å². The zero-order chi connectivity index (χ0) is 5.70. The molecule has 0 heterocycles. The third-order valence-electron chi connectivity index (χ3n) is 0.678. The largest absolute Gasteiger partial charge is 0.298 e. The monoisotopic (exact) mass is 120 g/mol. The summed E-state index contributed by atoms with van der Waals surface area (Å²) in [6, 6.07) is 0. The number of carbonyl (C=O) groups is 1. The predicted octanol–water partition coefficient (Wildman–Crippen LogP) is 1.59. The fourth-order valence-electron chi connectivity index (χ4n) is 0.346. The van der Waals surface area contributed by atoms with Crippen LogP contribution >= 0.6 is 11.6 Å². The van der Waals surface area contributed by atoms with Gasteiger partial charge >= 0.3 is 0 Å². The number of ketones is 1. The van der Waals surface area contributed by atoms with Gasteiger partial charge in [-0.3, -0.25) is 4.79 Å². The van der Waals surface area contributed by atoms with E-state index in [0.717, 1.165) is 6.42 Å². The lowest BCUT2D eigenvalue weighted by atomic mass is 10.3. The molecule has 0 bridgehead atoms. The van der Waals surface area contributed by atoms with Crippen LogP contribution in [-0.4, -0.2) is 11.7 Å². The van der Waals surface area contributed by atoms with Gasteiger partial charge in [-0.05, 0) is 6.42 Å². The van der Waals surface area contributed by atoms with Gasteiger partial charge in [0.15, 0.2) is 0 Å². The van der Waals surface area contributed by atoms with Crippen molar-refractivity contribution in [3.63, 3.8) is 0 Å². The Morgan fingerprint density at radius 2 is 2.29 bits per heavy atom. The van der Waals surface area contributed by atoms with Crippen LogP contribution in [0.4, 0.5) is 0 Å². The van der Waals surface area contributed by atoms with Crippen LogP contribution in [0.3, 0.4) is 0 Å². The lowest BCUT2D eigenvalue weighted by molar-refractivity contribution is -0.116. The lowest BCUT2D eigenvalue weighted by Crippen LogP contribution is -1.96. The van der Waals surface area contributed by atoms with Crippen LogP contribution in [0.15, 0.2) is 0 Å². The maximum atomic E-state index is 10.3. The molecule has 0 saturated carbocycles. The molecule has 0 radical (unpaired) electrons. The number of carbonyl (C=O) groups excluding carboxylic acids is 1. The molecule has 0 fully saturated rings. The van der Waals surface area contributed by atoms with Crippen molar-refractivity contribution in [2.24, 2.45) is 0 Å². The van der Waals surface area contributed by atoms with E-state index in [0.29, 0.717) is 6.42 Å². The normalized spacial score (nSPS) is 8.86. The molecular weight excluding hydrogens is 112 g/mol. The highest BCUT2D eigenvalue weighted by molar-refractivity contribution is 6.27. The van der Waals surface area contributed by atoms with Crippen molar-refractivity contribution < 1.29 is 4.79 Å². The zero-order valence-corrected chi connectivity index (χ0v) is 5.16. The van der Waals surface area contributed by atoms with E-state index in [1.165, 1.54) is 0 Å². The molecule has 2 heteroatoms. The minimum atomic E-state index is 0.143. The Hall–Kier alpha value is -0.0400. The summed E-state index contributed by atoms with van der Waals surface area (Å²) >= 11 is 5.18. The van der Waals surface area contributed by atoms with Gasteiger partial charge in [0.2, 0.25) is 0 Å². The summed E-state index contributed by atoms with van der Waals surface area (Å²) in [4.78, 5) is 10.3. The van der Waals surface area contributed by atoms with Crippen molar-refractivity contribution in [3.8, 4) is 0 Å². The van der Waals surface area contributed by atoms with E-state index < -0.39 is 0 Å². The molecule has 0 N–H and O–H groups in total. The molecule has 0 aromatic carbocycles. The number of halogens is 1. The minimum absolute atomic E-state index is 0.143. The van der Waals surface area contributed by atoms with Crippen LogP contribution in [0.5, 0.6) is 0 Å². The van der Waals surface area contributed by atoms with Crippen molar-refractivity contribution in [1.82, 2.24) is 0 Å². The molecule has 0 saturated heterocycles. The average Bonchev–Trinajstić information content (AvgIpc) is 1.68. The Kier molecular flexibility index (Phi) is 4.10. The molecule has 0 spiro atoms. The Bertz CT molecular complexity index is 61.1. The number of alkyl halides is 1. The average molecular weight is 121 g/mol. The molecule has 1 nitrogen and oxygen atoms in total. The molecule has 0 aromatic rings. The number of rotatable bonds is 3. The summed E-state index contributed by atoms with van der Waals surface area (Å²) in [5.41, 5.74) is 0. The summed E-state index contributed by atoms with van der Waals surface area (Å²) < 4.78 is 0. The lowest BCUT2D eigenvalue weighted by Gasteiger charge is -1.85. The van der Waals surface area contributed by atoms with E-state index in [9.17, 15) is 4.79 Å². The first-order valence-corrected chi connectivity index (χ1v) is 2.92. The summed E-state index contributed by atoms with van der Waals surface area (Å²) in [6.07, 6.45) is 1.54. The Labute approximate surface area is 48.7 Å². The summed E-state index contributed by atoms with van der Waals surface area (Å²) in [5.74, 6) is 0.317. The molecule has 7 heavy (non-hydrogen) atoms. The Morgan fingerprint density at radius 1 is 1.71 bits per heavy atom. The maximum Gasteiger partial charge on any atom is 0.147 e. The summed E-state index contributed by atoms with van der Waals surface area (Å²) in [7, 11) is 0. The van der Waals surface area contributed by atoms with Gasteiger partial charge < -0.3 is 0 Å². The highest BCUT2D eigenvalue weighted by Gasteiger charge is 1.93. The van der Waals surface area contributed by atoms with Gasteiger partial charge in [-0.25, -0.2) is 0 Å². The van der Waals surface area contributed by atoms with Gasteiger partial charge in [0.1, 0.15) is 5.78 Å². The van der Waals surface area contributed by atoms with Crippen LogP contribution in [0.25, 0.3) is 0 Å². The van der Waals surface area contributed by atoms with E-state index in [1.807, 2.05) is 6.92 Å². The van der Waals surface area contributed by atoms with Gasteiger partial charge in [0.05, 0.1) is 5.88 Å². The SMILES string of the molecule is CCCC(=O)CCl. The first-order valence-electron chi connectivity index (χ1n) is 2.39. The highest BCUT2D eigenvalue weighted by atomic mass is 35.5. The Morgan fingerprint density at radius 3 is 2.43 bits per heavy atom. The number of Topliss-reactive ketones (excluding diaryl/α,β-unsaturated/α-hetero) is 1. The summed E-state index contributed by atoms with van der Waals surface area (Å²) in [5, 5.41) is 0. The predicted molar refractivity (Wildman–Crippen MR) is 30.6 cm³/mol. The molecule has 0 aromatic heterocycles. The maximum absolute atomic E-state index is 10.3. The van der Waals surface area contributed by atoms with Gasteiger partial charge in [0, 0.05) is 6.42 Å². The molecule has 0 rings (SSSR count). The molecule has 0 aliphatic carbocycles. The van der Waals surface area contributed by atoms with Crippen molar-refractivity contribution in [1.29, 1.82) is 0 Å². The van der Waals surface area contributed by atoms with Crippen LogP contribution < -0.4 is 0 Å². The van der Waals surface area contributed by atoms with E-state index in [-0.39, 0.29) is 11.7 Å². The minimum Gasteiger partial charge on any atom is -0.298 e. The molecular formula is C5H9ClO. The second kappa shape index (κ2) is 4.13. The topological polar surface area (TPSA) is 17.1 Å². The van der Waals surface area contributed by atoms with Crippen molar-refractivity contribution in [3.05, 3.63) is 0 Å². The van der Waals surface area contributed by atoms with Gasteiger partial charge in [0.25, 0.3) is 0 Å². The molecule has 0 unspecified atom stereocenters. The van der Waals surface area contributed by atoms with Crippen LogP contribution in [0.1, 0.15) is 19.8 Å². The van der Waals surface area contributed by atoms with E-state index in [1.54, 1.807) is 0 Å². The van der Waals surface area contributed by atoms with Gasteiger partial charge in [-0.2, -0.15) is 0 Å². The van der Waals surface area contributed by atoms with Crippen molar-refractivity contribution in [2.45, 2.75) is 19.8 Å². The van der Waals surface area contributed by atoms with E-state index in [4.69, 9.17) is 11.6 Å². The smallest absolute Gasteiger partial charge is 0.147 e. The molecule has 42 valence electrons. The fourth-order valence-corrected chi connectivity index (χ4v) is 0.479. The van der Waals surface area contributed by atoms with Crippen LogP contribution in [-0.2, 0) is 4.79 Å². The zero-order valence-electron chi connectivity index (χ0n) is 4.41. The van der Waals surface area contributed by atoms with Crippen molar-refractivity contribution in [2.75, 3.05) is 5.88 Å². The third-order valence-corrected chi connectivity index (χ3v) is 0.976. The standard InChI is InChI=1S/C5H9ClO/c1-2-3-5(7)4-6/h2-4H2,1H3. The van der Waals surface area contributed by atoms with E-state index in [2.05, 4.69) is 0 Å². The van der Waals surface area contributed by atoms with Gasteiger partial charge in [-0.15, -0.1) is 11.6 Å². The first kappa shape index (κ1) is 6.96. The van der Waals surface area contributed by atoms with Crippen LogP contribution in [0, 0.1) is 0 Å². The molecule has 0 atom stereocenters. The highest BCUT2D eigenvalue weighted by Crippen LogP contribution is 1.89. The third kappa shape index (κ3) is 3.80. The fraction of sp³-hybridized carbons (Fsp3) is 0.800. The second-order valence-corrected chi connectivity index (χ2v) is 1.69. The molecule has 0 aliphatic rings.